The predicted octanol–water partition coefficient (Wildman–Crippen LogP) is 3.52. The Bertz CT molecular complexity index is 733. The van der Waals surface area contributed by atoms with Gasteiger partial charge in [-0.25, -0.2) is 0 Å². The van der Waals surface area contributed by atoms with E-state index in [-0.39, 0.29) is 5.92 Å². The molecule has 0 radical (unpaired) electrons. The van der Waals surface area contributed by atoms with E-state index in [9.17, 15) is 15.6 Å². The predicted molar refractivity (Wildman–Crippen MR) is 86.8 cm³/mol. The van der Waals surface area contributed by atoms with Gasteiger partial charge in [0.2, 0.25) is 0 Å². The third kappa shape index (κ3) is 2.72. The molecule has 2 aliphatic rings. The Morgan fingerprint density at radius 1 is 1.04 bits per heavy atom. The molecule has 23 heavy (non-hydrogen) atoms. The van der Waals surface area contributed by atoms with Crippen LogP contribution in [0.25, 0.3) is 0 Å². The molecule has 2 saturated carbocycles. The van der Waals surface area contributed by atoms with Crippen LogP contribution in [0.15, 0.2) is 24.3 Å². The second kappa shape index (κ2) is 6.08. The van der Waals surface area contributed by atoms with Gasteiger partial charge in [-0.3, -0.25) is 0 Å². The molecule has 2 aliphatic carbocycles. The lowest BCUT2D eigenvalue weighted by atomic mass is 9.69. The van der Waals surface area contributed by atoms with Gasteiger partial charge < -0.3 is 5.11 Å². The highest BCUT2D eigenvalue weighted by molar-refractivity contribution is 5.49. The highest BCUT2D eigenvalue weighted by atomic mass is 16.3. The van der Waals surface area contributed by atoms with Crippen LogP contribution >= 0.6 is 0 Å². The van der Waals surface area contributed by atoms with Crippen molar-refractivity contribution in [1.29, 1.82) is 10.5 Å². The zero-order chi connectivity index (χ0) is 16.3. The van der Waals surface area contributed by atoms with Gasteiger partial charge in [-0.05, 0) is 37.8 Å². The van der Waals surface area contributed by atoms with Gasteiger partial charge in [0.15, 0.2) is 0 Å². The minimum atomic E-state index is -1.26. The van der Waals surface area contributed by atoms with Crippen LogP contribution in [0.5, 0.6) is 0 Å². The fourth-order valence-corrected chi connectivity index (χ4v) is 3.69. The van der Waals surface area contributed by atoms with Crippen LogP contribution in [-0.2, 0) is 0 Å². The quantitative estimate of drug-likeness (QED) is 0.850. The van der Waals surface area contributed by atoms with E-state index in [0.29, 0.717) is 24.0 Å². The summed E-state index contributed by atoms with van der Waals surface area (Å²) in [4.78, 5) is 0. The number of hydrogen-bond acceptors (Lipinski definition) is 3. The molecule has 0 aromatic heterocycles. The normalized spacial score (nSPS) is 21.9. The van der Waals surface area contributed by atoms with Gasteiger partial charge in [-0.15, -0.1) is 0 Å². The van der Waals surface area contributed by atoms with Crippen LogP contribution in [0.2, 0.25) is 0 Å². The second-order valence-electron chi connectivity index (χ2n) is 6.70. The second-order valence-corrected chi connectivity index (χ2v) is 6.70. The molecular formula is C20H20N2O. The van der Waals surface area contributed by atoms with Crippen molar-refractivity contribution in [3.8, 4) is 24.0 Å². The van der Waals surface area contributed by atoms with E-state index in [1.54, 1.807) is 18.2 Å². The number of benzene rings is 1. The van der Waals surface area contributed by atoms with Crippen molar-refractivity contribution in [2.75, 3.05) is 0 Å². The van der Waals surface area contributed by atoms with Crippen molar-refractivity contribution in [2.45, 2.75) is 50.5 Å². The summed E-state index contributed by atoms with van der Waals surface area (Å²) in [6.07, 6.45) is 6.64. The molecule has 3 rings (SSSR count). The maximum atomic E-state index is 11.4. The van der Waals surface area contributed by atoms with E-state index in [0.717, 1.165) is 25.7 Å². The lowest BCUT2D eigenvalue weighted by molar-refractivity contribution is -0.0233. The van der Waals surface area contributed by atoms with Gasteiger partial charge in [0.05, 0.1) is 17.0 Å². The highest BCUT2D eigenvalue weighted by Crippen LogP contribution is 2.58. The molecule has 0 amide bonds. The third-order valence-corrected chi connectivity index (χ3v) is 5.32. The average Bonchev–Trinajstić information content (AvgIpc) is 3.42. The number of nitriles is 2. The Morgan fingerprint density at radius 2 is 1.70 bits per heavy atom. The van der Waals surface area contributed by atoms with Gasteiger partial charge in [-0.2, -0.15) is 10.5 Å². The van der Waals surface area contributed by atoms with Crippen LogP contribution in [0.3, 0.4) is 0 Å². The third-order valence-electron chi connectivity index (χ3n) is 5.32. The maximum Gasteiger partial charge on any atom is 0.147 e. The lowest BCUT2D eigenvalue weighted by Crippen LogP contribution is -2.46. The molecule has 1 aromatic rings. The van der Waals surface area contributed by atoms with Crippen molar-refractivity contribution < 1.29 is 5.11 Å². The van der Waals surface area contributed by atoms with Crippen LogP contribution < -0.4 is 0 Å². The van der Waals surface area contributed by atoms with Crippen LogP contribution in [0.1, 0.15) is 56.1 Å². The standard InChI is InChI=1S/C20H20N2O/c21-14-17-7-5-4-6-16(17)10-11-20(23,19(15-22)12-13-19)18-8-2-1-3-9-18/h4-7,18,23H,1-3,8-9,12-13H2/t20-/m0/s1. The molecule has 0 unspecified atom stereocenters. The first kappa shape index (κ1) is 15.6. The first-order valence-electron chi connectivity index (χ1n) is 8.31. The molecule has 0 heterocycles. The van der Waals surface area contributed by atoms with Crippen molar-refractivity contribution in [1.82, 2.24) is 0 Å². The van der Waals surface area contributed by atoms with E-state index in [1.807, 2.05) is 6.07 Å². The Kier molecular flexibility index (Phi) is 4.12. The molecular weight excluding hydrogens is 284 g/mol. The molecule has 1 atom stereocenters. The first-order valence-corrected chi connectivity index (χ1v) is 8.31. The van der Waals surface area contributed by atoms with Gasteiger partial charge in [0.25, 0.3) is 0 Å². The van der Waals surface area contributed by atoms with E-state index in [4.69, 9.17) is 0 Å². The SMILES string of the molecule is N#Cc1ccccc1C#C[C@](O)(C1CCCCC1)C1(C#N)CC1. The van der Waals surface area contributed by atoms with E-state index >= 15 is 0 Å². The minimum absolute atomic E-state index is 0.0557. The number of nitrogens with zero attached hydrogens (tertiary/aromatic N) is 2. The molecule has 3 nitrogen and oxygen atoms in total. The van der Waals surface area contributed by atoms with E-state index in [2.05, 4.69) is 24.0 Å². The monoisotopic (exact) mass is 304 g/mol. The van der Waals surface area contributed by atoms with Crippen LogP contribution in [-0.4, -0.2) is 10.7 Å². The van der Waals surface area contributed by atoms with Crippen molar-refractivity contribution in [3.05, 3.63) is 35.4 Å². The summed E-state index contributed by atoms with van der Waals surface area (Å²) in [5.41, 5.74) is -0.848. The minimum Gasteiger partial charge on any atom is -0.376 e. The summed E-state index contributed by atoms with van der Waals surface area (Å²) in [5.74, 6) is 6.11. The van der Waals surface area contributed by atoms with Crippen LogP contribution in [0.4, 0.5) is 0 Å². The Hall–Kier alpha value is -2.28. The van der Waals surface area contributed by atoms with Gasteiger partial charge in [-0.1, -0.05) is 43.2 Å². The molecule has 2 fully saturated rings. The average molecular weight is 304 g/mol. The first-order chi connectivity index (χ1) is 11.1. The molecule has 0 spiro atoms. The Labute approximate surface area is 137 Å². The fraction of sp³-hybridized carbons (Fsp3) is 0.500. The zero-order valence-electron chi connectivity index (χ0n) is 13.2. The maximum absolute atomic E-state index is 11.4. The van der Waals surface area contributed by atoms with Crippen LogP contribution in [0, 0.1) is 45.8 Å². The molecule has 116 valence electrons. The summed E-state index contributed by atoms with van der Waals surface area (Å²) in [6.45, 7) is 0. The lowest BCUT2D eigenvalue weighted by Gasteiger charge is -2.38. The highest BCUT2D eigenvalue weighted by Gasteiger charge is 2.62. The summed E-state index contributed by atoms with van der Waals surface area (Å²) < 4.78 is 0. The summed E-state index contributed by atoms with van der Waals surface area (Å²) in [7, 11) is 0. The zero-order valence-corrected chi connectivity index (χ0v) is 13.2. The van der Waals surface area contributed by atoms with Crippen molar-refractivity contribution >= 4 is 0 Å². The summed E-state index contributed by atoms with van der Waals surface area (Å²) in [5, 5.41) is 30.1. The number of hydrogen-bond donors (Lipinski definition) is 1. The molecule has 0 bridgehead atoms. The van der Waals surface area contributed by atoms with Crippen molar-refractivity contribution in [3.63, 3.8) is 0 Å². The Morgan fingerprint density at radius 3 is 2.26 bits per heavy atom. The van der Waals surface area contributed by atoms with Crippen molar-refractivity contribution in [2.24, 2.45) is 11.3 Å². The summed E-state index contributed by atoms with van der Waals surface area (Å²) in [6, 6.07) is 11.6. The molecule has 1 N–H and O–H groups in total. The molecule has 0 saturated heterocycles. The largest absolute Gasteiger partial charge is 0.376 e. The smallest absolute Gasteiger partial charge is 0.147 e. The van der Waals surface area contributed by atoms with E-state index in [1.165, 1.54) is 6.42 Å². The number of aliphatic hydroxyl groups is 1. The topological polar surface area (TPSA) is 67.8 Å². The molecule has 0 aliphatic heterocycles. The fourth-order valence-electron chi connectivity index (χ4n) is 3.69. The van der Waals surface area contributed by atoms with Gasteiger partial charge in [0.1, 0.15) is 11.7 Å². The van der Waals surface area contributed by atoms with E-state index < -0.39 is 11.0 Å². The molecule has 3 heteroatoms. The summed E-state index contributed by atoms with van der Waals surface area (Å²) >= 11 is 0. The van der Waals surface area contributed by atoms with Gasteiger partial charge in [0, 0.05) is 11.5 Å². The van der Waals surface area contributed by atoms with Gasteiger partial charge >= 0.3 is 0 Å². The molecule has 1 aromatic carbocycles. The Balaban J connectivity index is 2.00. The number of rotatable bonds is 2.